The standard InChI is InChI=1S/C16H16N10O7/c1-6(27)30-4-9-11(31-7(2)28)12(32-8(3)29)15(33-9)26-5-19-10-13(22-24-17)20-16(23-25-18)21-14(10)26/h5,9,11-12,15H,4H2,1-3H3. The van der Waals surface area contributed by atoms with Gasteiger partial charge in [-0.2, -0.15) is 0 Å². The molecule has 0 bridgehead atoms. The Hall–Kier alpha value is -4.46. The Labute approximate surface area is 183 Å². The maximum absolute atomic E-state index is 11.8. The normalized spacial score (nSPS) is 21.5. The van der Waals surface area contributed by atoms with Crippen LogP contribution in [-0.4, -0.2) is 62.3 Å². The lowest BCUT2D eigenvalue weighted by Gasteiger charge is -2.23. The highest BCUT2D eigenvalue weighted by Crippen LogP contribution is 2.37. The number of hydrogen-bond donors (Lipinski definition) is 0. The van der Waals surface area contributed by atoms with Gasteiger partial charge in [0, 0.05) is 30.6 Å². The number of fused-ring (bicyclic) bond motifs is 1. The van der Waals surface area contributed by atoms with Crippen LogP contribution in [-0.2, 0) is 33.3 Å². The lowest BCUT2D eigenvalue weighted by atomic mass is 10.1. The lowest BCUT2D eigenvalue weighted by molar-refractivity contribution is -0.166. The number of hydrogen-bond acceptors (Lipinski definition) is 12. The van der Waals surface area contributed by atoms with E-state index in [-0.39, 0.29) is 29.5 Å². The van der Waals surface area contributed by atoms with E-state index in [1.165, 1.54) is 17.8 Å². The van der Waals surface area contributed by atoms with Crippen LogP contribution >= 0.6 is 0 Å². The molecule has 3 rings (SSSR count). The van der Waals surface area contributed by atoms with Crippen LogP contribution in [0.4, 0.5) is 11.8 Å². The highest BCUT2D eigenvalue weighted by molar-refractivity contribution is 5.82. The molecule has 17 heteroatoms. The molecular formula is C16H16N10O7. The van der Waals surface area contributed by atoms with E-state index >= 15 is 0 Å². The van der Waals surface area contributed by atoms with Gasteiger partial charge in [0.2, 0.25) is 5.95 Å². The predicted octanol–water partition coefficient (Wildman–Crippen LogP) is 2.03. The summed E-state index contributed by atoms with van der Waals surface area (Å²) < 4.78 is 22.9. The highest BCUT2D eigenvalue weighted by Gasteiger charge is 2.51. The second kappa shape index (κ2) is 9.78. The Balaban J connectivity index is 2.14. The molecule has 0 aliphatic carbocycles. The van der Waals surface area contributed by atoms with Gasteiger partial charge in [-0.25, -0.2) is 15.0 Å². The first kappa shape index (κ1) is 23.2. The molecule has 1 saturated heterocycles. The van der Waals surface area contributed by atoms with Gasteiger partial charge in [0.1, 0.15) is 18.2 Å². The van der Waals surface area contributed by atoms with E-state index in [2.05, 4.69) is 35.0 Å². The molecule has 0 spiro atoms. The zero-order chi connectivity index (χ0) is 24.1. The van der Waals surface area contributed by atoms with Gasteiger partial charge in [-0.05, 0) is 21.3 Å². The van der Waals surface area contributed by atoms with Crippen molar-refractivity contribution in [2.45, 2.75) is 45.3 Å². The SMILES string of the molecule is CC(=O)OCC1OC(n2cnc3c(N=[N+]=[N-])nc(N=[N+]=[N-])nc32)C(OC(C)=O)C1OC(C)=O. The monoisotopic (exact) mass is 460 g/mol. The van der Waals surface area contributed by atoms with Gasteiger partial charge in [0.25, 0.3) is 0 Å². The highest BCUT2D eigenvalue weighted by atomic mass is 16.7. The molecule has 4 atom stereocenters. The summed E-state index contributed by atoms with van der Waals surface area (Å²) in [5, 5.41) is 6.73. The Morgan fingerprint density at radius 3 is 2.33 bits per heavy atom. The van der Waals surface area contributed by atoms with Gasteiger partial charge in [0.15, 0.2) is 29.9 Å². The quantitative estimate of drug-likeness (QED) is 0.192. The fraction of sp³-hybridized carbons (Fsp3) is 0.500. The van der Waals surface area contributed by atoms with Gasteiger partial charge in [-0.15, -0.1) is 0 Å². The third-order valence-electron chi connectivity index (χ3n) is 4.28. The summed E-state index contributed by atoms with van der Waals surface area (Å²) in [4.78, 5) is 52.1. The Morgan fingerprint density at radius 2 is 1.73 bits per heavy atom. The first-order valence-electron chi connectivity index (χ1n) is 9.23. The third-order valence-corrected chi connectivity index (χ3v) is 4.28. The Morgan fingerprint density at radius 1 is 1.06 bits per heavy atom. The van der Waals surface area contributed by atoms with Crippen molar-refractivity contribution in [3.63, 3.8) is 0 Å². The van der Waals surface area contributed by atoms with Crippen LogP contribution in [0.2, 0.25) is 0 Å². The predicted molar refractivity (Wildman–Crippen MR) is 105 cm³/mol. The minimum atomic E-state index is -1.20. The van der Waals surface area contributed by atoms with Crippen molar-refractivity contribution in [3.8, 4) is 0 Å². The average molecular weight is 460 g/mol. The van der Waals surface area contributed by atoms with Gasteiger partial charge in [-0.1, -0.05) is 0 Å². The van der Waals surface area contributed by atoms with Crippen LogP contribution in [0.15, 0.2) is 16.6 Å². The number of carbonyl (C=O) groups excluding carboxylic acids is 3. The number of imidazole rings is 1. The molecule has 1 aliphatic rings. The fourth-order valence-electron chi connectivity index (χ4n) is 3.19. The summed E-state index contributed by atoms with van der Waals surface area (Å²) in [6.07, 6.45) is -3.31. The minimum absolute atomic E-state index is 0.00617. The zero-order valence-electron chi connectivity index (χ0n) is 17.4. The topological polar surface area (TPSA) is 229 Å². The van der Waals surface area contributed by atoms with Crippen molar-refractivity contribution in [2.75, 3.05) is 6.61 Å². The number of azide groups is 2. The van der Waals surface area contributed by atoms with E-state index in [0.717, 1.165) is 13.8 Å². The molecule has 1 aliphatic heterocycles. The molecular weight excluding hydrogens is 444 g/mol. The van der Waals surface area contributed by atoms with Crippen molar-refractivity contribution in [2.24, 2.45) is 10.2 Å². The molecule has 17 nitrogen and oxygen atoms in total. The lowest BCUT2D eigenvalue weighted by Crippen LogP contribution is -2.40. The second-order valence-electron chi connectivity index (χ2n) is 6.57. The molecule has 3 heterocycles. The first-order valence-corrected chi connectivity index (χ1v) is 9.23. The van der Waals surface area contributed by atoms with E-state index in [0.29, 0.717) is 0 Å². The molecule has 2 aromatic heterocycles. The van der Waals surface area contributed by atoms with Crippen molar-refractivity contribution in [3.05, 3.63) is 27.2 Å². The van der Waals surface area contributed by atoms with E-state index < -0.39 is 42.4 Å². The van der Waals surface area contributed by atoms with Gasteiger partial charge in [-0.3, -0.25) is 19.0 Å². The number of nitrogens with zero attached hydrogens (tertiary/aromatic N) is 10. The van der Waals surface area contributed by atoms with Crippen LogP contribution in [0, 0.1) is 0 Å². The van der Waals surface area contributed by atoms with Crippen LogP contribution in [0.5, 0.6) is 0 Å². The molecule has 2 aromatic rings. The summed E-state index contributed by atoms with van der Waals surface area (Å²) >= 11 is 0. The summed E-state index contributed by atoms with van der Waals surface area (Å²) in [6, 6.07) is 0. The van der Waals surface area contributed by atoms with Crippen LogP contribution in [0.1, 0.15) is 27.0 Å². The molecule has 0 aromatic carbocycles. The number of aromatic nitrogens is 4. The molecule has 0 N–H and O–H groups in total. The summed E-state index contributed by atoms with van der Waals surface area (Å²) in [5.41, 5.74) is 17.6. The van der Waals surface area contributed by atoms with Crippen molar-refractivity contribution < 1.29 is 33.3 Å². The van der Waals surface area contributed by atoms with Crippen molar-refractivity contribution >= 4 is 40.8 Å². The van der Waals surface area contributed by atoms with E-state index in [9.17, 15) is 14.4 Å². The Bertz CT molecular complexity index is 1200. The van der Waals surface area contributed by atoms with Crippen molar-refractivity contribution in [1.82, 2.24) is 19.5 Å². The molecule has 0 amide bonds. The molecule has 0 saturated carbocycles. The maximum Gasteiger partial charge on any atom is 0.303 e. The summed E-state index contributed by atoms with van der Waals surface area (Å²) in [7, 11) is 0. The first-order chi connectivity index (χ1) is 15.7. The van der Waals surface area contributed by atoms with Crippen LogP contribution < -0.4 is 0 Å². The van der Waals surface area contributed by atoms with E-state index in [1.807, 2.05) is 0 Å². The van der Waals surface area contributed by atoms with Crippen LogP contribution in [0.3, 0.4) is 0 Å². The number of ether oxygens (including phenoxy) is 4. The maximum atomic E-state index is 11.8. The van der Waals surface area contributed by atoms with Gasteiger partial charge >= 0.3 is 17.9 Å². The van der Waals surface area contributed by atoms with E-state index in [1.54, 1.807) is 0 Å². The summed E-state index contributed by atoms with van der Waals surface area (Å²) in [6.45, 7) is 3.18. The molecule has 172 valence electrons. The largest absolute Gasteiger partial charge is 0.463 e. The fourth-order valence-corrected chi connectivity index (χ4v) is 3.19. The smallest absolute Gasteiger partial charge is 0.303 e. The van der Waals surface area contributed by atoms with E-state index in [4.69, 9.17) is 30.0 Å². The zero-order valence-corrected chi connectivity index (χ0v) is 17.4. The molecule has 33 heavy (non-hydrogen) atoms. The third kappa shape index (κ3) is 5.07. The Kier molecular flexibility index (Phi) is 6.88. The van der Waals surface area contributed by atoms with Crippen LogP contribution in [0.25, 0.3) is 32.0 Å². The van der Waals surface area contributed by atoms with Crippen molar-refractivity contribution in [1.29, 1.82) is 0 Å². The molecule has 0 radical (unpaired) electrons. The number of carbonyl (C=O) groups is 3. The average Bonchev–Trinajstić information content (AvgIpc) is 3.28. The number of esters is 3. The second-order valence-corrected chi connectivity index (χ2v) is 6.57. The van der Waals surface area contributed by atoms with Gasteiger partial charge in [0.05, 0.1) is 6.33 Å². The minimum Gasteiger partial charge on any atom is -0.463 e. The molecule has 4 unspecified atom stereocenters. The van der Waals surface area contributed by atoms with Gasteiger partial charge < -0.3 is 18.9 Å². The number of rotatable bonds is 7. The summed E-state index contributed by atoms with van der Waals surface area (Å²) in [5.74, 6) is -2.60. The molecule has 1 fully saturated rings.